The molecule has 0 spiro atoms. The van der Waals surface area contributed by atoms with Crippen molar-refractivity contribution >= 4 is 11.6 Å². The Balaban J connectivity index is 1.70. The largest absolute Gasteiger partial charge is 0.417 e. The number of hydrogen-bond acceptors (Lipinski definition) is 4. The zero-order chi connectivity index (χ0) is 25.8. The van der Waals surface area contributed by atoms with Crippen molar-refractivity contribution in [1.82, 2.24) is 4.98 Å². The SMILES string of the molecule is N#Cc1ccc(NC(=O)C(O)(Cc2ccccc2-c2cccnc2)C2CCCCC2)cc1C(F)(F)F. The van der Waals surface area contributed by atoms with Crippen LogP contribution in [-0.2, 0) is 17.4 Å². The summed E-state index contributed by atoms with van der Waals surface area (Å²) in [7, 11) is 0. The summed E-state index contributed by atoms with van der Waals surface area (Å²) in [5.41, 5.74) is -1.23. The first-order chi connectivity index (χ1) is 17.2. The number of amides is 1. The molecule has 1 saturated carbocycles. The second-order valence-corrected chi connectivity index (χ2v) is 9.16. The molecular formula is C28H26F3N3O2. The van der Waals surface area contributed by atoms with Gasteiger partial charge in [-0.3, -0.25) is 9.78 Å². The minimum absolute atomic E-state index is 0.00300. The minimum Gasteiger partial charge on any atom is -0.379 e. The maximum atomic E-state index is 13.6. The van der Waals surface area contributed by atoms with Crippen LogP contribution in [0.1, 0.15) is 48.8 Å². The molecule has 1 heterocycles. The minimum atomic E-state index is -4.76. The second-order valence-electron chi connectivity index (χ2n) is 9.16. The van der Waals surface area contributed by atoms with Gasteiger partial charge in [0.1, 0.15) is 5.60 Å². The van der Waals surface area contributed by atoms with Gasteiger partial charge in [0, 0.05) is 30.1 Å². The average Bonchev–Trinajstić information content (AvgIpc) is 2.89. The highest BCUT2D eigenvalue weighted by atomic mass is 19.4. The van der Waals surface area contributed by atoms with E-state index >= 15 is 0 Å². The number of hydrogen-bond donors (Lipinski definition) is 2. The number of benzene rings is 2. The Kier molecular flexibility index (Phi) is 7.41. The summed E-state index contributed by atoms with van der Waals surface area (Å²) in [6.07, 6.45) is 2.61. The van der Waals surface area contributed by atoms with E-state index < -0.39 is 28.8 Å². The van der Waals surface area contributed by atoms with Crippen molar-refractivity contribution in [3.8, 4) is 17.2 Å². The fraction of sp³-hybridized carbons (Fsp3) is 0.321. The first-order valence-electron chi connectivity index (χ1n) is 11.9. The number of alkyl halides is 3. The maximum Gasteiger partial charge on any atom is 0.417 e. The molecule has 2 N–H and O–H groups in total. The molecule has 1 unspecified atom stereocenters. The summed E-state index contributed by atoms with van der Waals surface area (Å²) >= 11 is 0. The van der Waals surface area contributed by atoms with Gasteiger partial charge in [-0.2, -0.15) is 18.4 Å². The Bertz CT molecular complexity index is 1270. The molecule has 2 aromatic carbocycles. The van der Waals surface area contributed by atoms with Gasteiger partial charge in [-0.15, -0.1) is 0 Å². The Morgan fingerprint density at radius 2 is 1.83 bits per heavy atom. The Labute approximate surface area is 207 Å². The highest BCUT2D eigenvalue weighted by Crippen LogP contribution is 2.39. The van der Waals surface area contributed by atoms with Crippen molar-refractivity contribution in [1.29, 1.82) is 5.26 Å². The summed E-state index contributed by atoms with van der Waals surface area (Å²) in [6.45, 7) is 0. The standard InChI is InChI=1S/C28H26F3N3O2/c29-28(30,31)25-15-23(13-12-20(25)17-32)34-26(35)27(36,22-9-2-1-3-10-22)16-19-7-4-5-11-24(19)21-8-6-14-33-18-21/h4-8,11-15,18,22,36H,1-3,9-10,16H2,(H,34,35). The van der Waals surface area contributed by atoms with E-state index in [2.05, 4.69) is 10.3 Å². The highest BCUT2D eigenvalue weighted by molar-refractivity contribution is 5.98. The van der Waals surface area contributed by atoms with Crippen LogP contribution in [0, 0.1) is 17.2 Å². The van der Waals surface area contributed by atoms with Crippen molar-refractivity contribution in [2.24, 2.45) is 5.92 Å². The monoisotopic (exact) mass is 493 g/mol. The van der Waals surface area contributed by atoms with Gasteiger partial charge in [-0.25, -0.2) is 0 Å². The van der Waals surface area contributed by atoms with Crippen LogP contribution in [0.3, 0.4) is 0 Å². The van der Waals surface area contributed by atoms with Crippen LogP contribution in [0.15, 0.2) is 67.0 Å². The summed E-state index contributed by atoms with van der Waals surface area (Å²) in [4.78, 5) is 17.7. The number of anilines is 1. The third-order valence-corrected chi connectivity index (χ3v) is 6.83. The number of nitriles is 1. The van der Waals surface area contributed by atoms with Gasteiger partial charge < -0.3 is 10.4 Å². The molecule has 0 radical (unpaired) electrons. The second kappa shape index (κ2) is 10.5. The van der Waals surface area contributed by atoms with E-state index in [1.165, 1.54) is 12.1 Å². The van der Waals surface area contributed by atoms with E-state index in [1.54, 1.807) is 18.5 Å². The number of rotatable bonds is 6. The zero-order valence-corrected chi connectivity index (χ0v) is 19.6. The van der Waals surface area contributed by atoms with E-state index in [1.807, 2.05) is 30.3 Å². The van der Waals surface area contributed by atoms with Crippen LogP contribution >= 0.6 is 0 Å². The van der Waals surface area contributed by atoms with Gasteiger partial charge >= 0.3 is 6.18 Å². The van der Waals surface area contributed by atoms with E-state index in [9.17, 15) is 23.1 Å². The smallest absolute Gasteiger partial charge is 0.379 e. The number of halogens is 3. The molecule has 3 aromatic rings. The zero-order valence-electron chi connectivity index (χ0n) is 19.6. The van der Waals surface area contributed by atoms with Crippen LogP contribution in [-0.4, -0.2) is 21.6 Å². The molecule has 1 aliphatic rings. The third-order valence-electron chi connectivity index (χ3n) is 6.83. The van der Waals surface area contributed by atoms with Crippen molar-refractivity contribution < 1.29 is 23.1 Å². The lowest BCUT2D eigenvalue weighted by molar-refractivity contribution is -0.142. The molecule has 0 aliphatic heterocycles. The summed E-state index contributed by atoms with van der Waals surface area (Å²) in [6, 6.07) is 15.6. The van der Waals surface area contributed by atoms with E-state index in [0.717, 1.165) is 48.1 Å². The first kappa shape index (κ1) is 25.4. The van der Waals surface area contributed by atoms with E-state index in [-0.39, 0.29) is 18.0 Å². The molecule has 0 saturated heterocycles. The van der Waals surface area contributed by atoms with Gasteiger partial charge in [-0.05, 0) is 54.2 Å². The number of nitrogens with one attached hydrogen (secondary N) is 1. The molecular weight excluding hydrogens is 467 g/mol. The van der Waals surface area contributed by atoms with Crippen molar-refractivity contribution in [3.63, 3.8) is 0 Å². The van der Waals surface area contributed by atoms with Gasteiger partial charge in [0.05, 0.1) is 17.2 Å². The fourth-order valence-corrected chi connectivity index (χ4v) is 4.95. The third kappa shape index (κ3) is 5.42. The van der Waals surface area contributed by atoms with E-state index in [4.69, 9.17) is 5.26 Å². The molecule has 4 rings (SSSR count). The van der Waals surface area contributed by atoms with Crippen LogP contribution in [0.4, 0.5) is 18.9 Å². The lowest BCUT2D eigenvalue weighted by Gasteiger charge is -2.38. The molecule has 5 nitrogen and oxygen atoms in total. The lowest BCUT2D eigenvalue weighted by atomic mass is 9.72. The van der Waals surface area contributed by atoms with Gasteiger partial charge in [0.15, 0.2) is 0 Å². The maximum absolute atomic E-state index is 13.6. The van der Waals surface area contributed by atoms with Crippen LogP contribution < -0.4 is 5.32 Å². The molecule has 0 bridgehead atoms. The fourth-order valence-electron chi connectivity index (χ4n) is 4.95. The van der Waals surface area contributed by atoms with Gasteiger partial charge in [0.25, 0.3) is 5.91 Å². The molecule has 8 heteroatoms. The predicted octanol–water partition coefficient (Wildman–Crippen LogP) is 6.13. The Morgan fingerprint density at radius 3 is 2.50 bits per heavy atom. The van der Waals surface area contributed by atoms with Gasteiger partial charge in [0.2, 0.25) is 0 Å². The predicted molar refractivity (Wildman–Crippen MR) is 130 cm³/mol. The normalized spacial score (nSPS) is 16.1. The van der Waals surface area contributed by atoms with Crippen LogP contribution in [0.5, 0.6) is 0 Å². The van der Waals surface area contributed by atoms with Crippen LogP contribution in [0.25, 0.3) is 11.1 Å². The molecule has 36 heavy (non-hydrogen) atoms. The highest BCUT2D eigenvalue weighted by Gasteiger charge is 2.45. The van der Waals surface area contributed by atoms with E-state index in [0.29, 0.717) is 12.8 Å². The average molecular weight is 494 g/mol. The molecule has 1 fully saturated rings. The number of pyridine rings is 1. The number of nitrogens with zero attached hydrogens (tertiary/aromatic N) is 2. The molecule has 1 aromatic heterocycles. The van der Waals surface area contributed by atoms with Crippen molar-refractivity contribution in [2.75, 3.05) is 5.32 Å². The number of carbonyl (C=O) groups excluding carboxylic acids is 1. The number of carbonyl (C=O) groups is 1. The van der Waals surface area contributed by atoms with Gasteiger partial charge in [-0.1, -0.05) is 49.6 Å². The summed E-state index contributed by atoms with van der Waals surface area (Å²) in [5, 5.41) is 23.5. The lowest BCUT2D eigenvalue weighted by Crippen LogP contribution is -2.51. The molecule has 1 aliphatic carbocycles. The molecule has 1 amide bonds. The number of aromatic nitrogens is 1. The molecule has 1 atom stereocenters. The van der Waals surface area contributed by atoms with Crippen molar-refractivity contribution in [2.45, 2.75) is 50.3 Å². The summed E-state index contributed by atoms with van der Waals surface area (Å²) in [5.74, 6) is -1.11. The first-order valence-corrected chi connectivity index (χ1v) is 11.9. The number of aliphatic hydroxyl groups is 1. The van der Waals surface area contributed by atoms with Crippen molar-refractivity contribution in [3.05, 3.63) is 83.7 Å². The van der Waals surface area contributed by atoms with Crippen LogP contribution in [0.2, 0.25) is 0 Å². The quantitative estimate of drug-likeness (QED) is 0.432. The Hall–Kier alpha value is -3.70. The Morgan fingerprint density at radius 1 is 1.08 bits per heavy atom. The summed E-state index contributed by atoms with van der Waals surface area (Å²) < 4.78 is 40.4. The molecule has 186 valence electrons. The topological polar surface area (TPSA) is 86.0 Å².